The van der Waals surface area contributed by atoms with E-state index in [9.17, 15) is 5.11 Å². The van der Waals surface area contributed by atoms with E-state index in [1.54, 1.807) is 35.0 Å². The summed E-state index contributed by atoms with van der Waals surface area (Å²) in [6.07, 6.45) is 3.34. The van der Waals surface area contributed by atoms with E-state index in [2.05, 4.69) is 9.97 Å². The highest BCUT2D eigenvalue weighted by atomic mass is 35.5. The minimum absolute atomic E-state index is 0.105. The highest BCUT2D eigenvalue weighted by Crippen LogP contribution is 2.28. The number of fused-ring (bicyclic) bond motifs is 1. The van der Waals surface area contributed by atoms with Gasteiger partial charge in [0, 0.05) is 18.0 Å². The van der Waals surface area contributed by atoms with Gasteiger partial charge in [-0.25, -0.2) is 4.98 Å². The second-order valence-electron chi connectivity index (χ2n) is 3.57. The SMILES string of the molecule is Oc1cccc2c(Cl)nc(-c3ccncc3)n12. The zero-order valence-electron chi connectivity index (χ0n) is 8.71. The molecule has 0 radical (unpaired) electrons. The van der Waals surface area contributed by atoms with Gasteiger partial charge < -0.3 is 5.11 Å². The molecule has 4 nitrogen and oxygen atoms in total. The predicted molar refractivity (Wildman–Crippen MR) is 65.1 cm³/mol. The first-order valence-corrected chi connectivity index (χ1v) is 5.41. The molecule has 0 bridgehead atoms. The zero-order chi connectivity index (χ0) is 11.8. The van der Waals surface area contributed by atoms with Crippen LogP contribution < -0.4 is 0 Å². The van der Waals surface area contributed by atoms with Crippen molar-refractivity contribution in [2.45, 2.75) is 0 Å². The fourth-order valence-electron chi connectivity index (χ4n) is 1.78. The average molecular weight is 246 g/mol. The molecule has 0 spiro atoms. The van der Waals surface area contributed by atoms with Crippen LogP contribution in [0.15, 0.2) is 42.7 Å². The van der Waals surface area contributed by atoms with Gasteiger partial charge in [0.2, 0.25) is 0 Å². The summed E-state index contributed by atoms with van der Waals surface area (Å²) in [6.45, 7) is 0. The number of hydrogen-bond acceptors (Lipinski definition) is 3. The van der Waals surface area contributed by atoms with Crippen LogP contribution in [0, 0.1) is 0 Å². The molecule has 3 aromatic heterocycles. The van der Waals surface area contributed by atoms with Crippen LogP contribution in [0.1, 0.15) is 0 Å². The van der Waals surface area contributed by atoms with E-state index >= 15 is 0 Å². The number of nitrogens with zero attached hydrogens (tertiary/aromatic N) is 3. The van der Waals surface area contributed by atoms with Crippen molar-refractivity contribution < 1.29 is 5.11 Å². The lowest BCUT2D eigenvalue weighted by Gasteiger charge is -2.02. The Morgan fingerprint density at radius 2 is 1.88 bits per heavy atom. The van der Waals surface area contributed by atoms with Crippen LogP contribution in [0.2, 0.25) is 5.15 Å². The molecule has 3 heterocycles. The molecule has 17 heavy (non-hydrogen) atoms. The average Bonchev–Trinajstić information content (AvgIpc) is 2.70. The molecule has 0 aromatic carbocycles. The molecule has 84 valence electrons. The van der Waals surface area contributed by atoms with Gasteiger partial charge in [-0.1, -0.05) is 17.7 Å². The maximum absolute atomic E-state index is 9.88. The Kier molecular flexibility index (Phi) is 2.23. The maximum atomic E-state index is 9.88. The first kappa shape index (κ1) is 10.1. The van der Waals surface area contributed by atoms with Gasteiger partial charge in [-0.3, -0.25) is 9.38 Å². The van der Waals surface area contributed by atoms with Crippen LogP contribution in [0.25, 0.3) is 16.9 Å². The summed E-state index contributed by atoms with van der Waals surface area (Å²) in [5.41, 5.74) is 1.53. The Hall–Kier alpha value is -2.07. The van der Waals surface area contributed by atoms with Gasteiger partial charge in [0.05, 0.1) is 5.52 Å². The zero-order valence-corrected chi connectivity index (χ0v) is 9.46. The third-order valence-corrected chi connectivity index (χ3v) is 2.81. The Morgan fingerprint density at radius 3 is 2.65 bits per heavy atom. The van der Waals surface area contributed by atoms with Crippen molar-refractivity contribution in [3.8, 4) is 17.3 Å². The lowest BCUT2D eigenvalue weighted by molar-refractivity contribution is 0.447. The second-order valence-corrected chi connectivity index (χ2v) is 3.92. The van der Waals surface area contributed by atoms with Crippen LogP contribution in [0.3, 0.4) is 0 Å². The van der Waals surface area contributed by atoms with Gasteiger partial charge in [0.25, 0.3) is 0 Å². The molecule has 0 aliphatic rings. The molecule has 0 saturated carbocycles. The van der Waals surface area contributed by atoms with E-state index in [-0.39, 0.29) is 5.88 Å². The number of aromatic hydroxyl groups is 1. The molecule has 0 aliphatic heterocycles. The molecule has 0 aliphatic carbocycles. The van der Waals surface area contributed by atoms with Gasteiger partial charge in [0.15, 0.2) is 11.0 Å². The maximum Gasteiger partial charge on any atom is 0.197 e. The first-order chi connectivity index (χ1) is 8.27. The summed E-state index contributed by atoms with van der Waals surface area (Å²) in [7, 11) is 0. The fourth-order valence-corrected chi connectivity index (χ4v) is 2.00. The van der Waals surface area contributed by atoms with Gasteiger partial charge in [-0.2, -0.15) is 0 Å². The molecule has 0 amide bonds. The Balaban J connectivity index is 2.38. The molecule has 0 atom stereocenters. The summed E-state index contributed by atoms with van der Waals surface area (Å²) in [6, 6.07) is 8.76. The van der Waals surface area contributed by atoms with E-state index in [4.69, 9.17) is 11.6 Å². The number of imidazole rings is 1. The predicted octanol–water partition coefficient (Wildman–Crippen LogP) is 2.76. The number of pyridine rings is 2. The number of aromatic nitrogens is 3. The first-order valence-electron chi connectivity index (χ1n) is 5.04. The van der Waals surface area contributed by atoms with Crippen molar-refractivity contribution in [2.24, 2.45) is 0 Å². The summed E-state index contributed by atoms with van der Waals surface area (Å²) < 4.78 is 1.61. The topological polar surface area (TPSA) is 50.4 Å². The molecular formula is C12H8ClN3O. The fraction of sp³-hybridized carbons (Fsp3) is 0. The third-order valence-electron chi connectivity index (χ3n) is 2.54. The van der Waals surface area contributed by atoms with E-state index in [1.165, 1.54) is 0 Å². The molecule has 0 unspecified atom stereocenters. The van der Waals surface area contributed by atoms with Crippen molar-refractivity contribution in [2.75, 3.05) is 0 Å². The summed E-state index contributed by atoms with van der Waals surface area (Å²) in [5, 5.41) is 10.2. The Morgan fingerprint density at radius 1 is 1.12 bits per heavy atom. The van der Waals surface area contributed by atoms with Crippen molar-refractivity contribution in [1.82, 2.24) is 14.4 Å². The van der Waals surface area contributed by atoms with Gasteiger partial charge in [0.1, 0.15) is 5.82 Å². The lowest BCUT2D eigenvalue weighted by atomic mass is 10.2. The Bertz CT molecular complexity index is 679. The Labute approximate surface area is 102 Å². The summed E-state index contributed by atoms with van der Waals surface area (Å²) in [5.74, 6) is 0.708. The monoisotopic (exact) mass is 245 g/mol. The molecule has 0 fully saturated rings. The van der Waals surface area contributed by atoms with Gasteiger partial charge in [-0.15, -0.1) is 0 Å². The quantitative estimate of drug-likeness (QED) is 0.717. The van der Waals surface area contributed by atoms with Crippen LogP contribution in [-0.2, 0) is 0 Å². The molecule has 3 rings (SSSR count). The van der Waals surface area contributed by atoms with Crippen molar-refractivity contribution >= 4 is 17.1 Å². The molecule has 5 heteroatoms. The molecule has 3 aromatic rings. The van der Waals surface area contributed by atoms with E-state index in [1.807, 2.05) is 12.1 Å². The second kappa shape index (κ2) is 3.75. The minimum Gasteiger partial charge on any atom is -0.494 e. The minimum atomic E-state index is 0.105. The lowest BCUT2D eigenvalue weighted by Crippen LogP contribution is -1.90. The van der Waals surface area contributed by atoms with Crippen LogP contribution >= 0.6 is 11.6 Å². The standard InChI is InChI=1S/C12H8ClN3O/c13-11-9-2-1-3-10(17)16(9)12(15-11)8-4-6-14-7-5-8/h1-7,17H. The number of hydrogen-bond donors (Lipinski definition) is 1. The van der Waals surface area contributed by atoms with E-state index < -0.39 is 0 Å². The molecular weight excluding hydrogens is 238 g/mol. The highest BCUT2D eigenvalue weighted by Gasteiger charge is 2.13. The summed E-state index contributed by atoms with van der Waals surface area (Å²) in [4.78, 5) is 8.21. The van der Waals surface area contributed by atoms with Crippen LogP contribution in [0.4, 0.5) is 0 Å². The van der Waals surface area contributed by atoms with Crippen LogP contribution in [0.5, 0.6) is 5.88 Å². The number of halogens is 1. The van der Waals surface area contributed by atoms with Crippen molar-refractivity contribution in [3.05, 3.63) is 47.9 Å². The van der Waals surface area contributed by atoms with Crippen molar-refractivity contribution in [1.29, 1.82) is 0 Å². The molecule has 0 saturated heterocycles. The van der Waals surface area contributed by atoms with E-state index in [0.29, 0.717) is 16.5 Å². The highest BCUT2D eigenvalue weighted by molar-refractivity contribution is 6.32. The largest absolute Gasteiger partial charge is 0.494 e. The molecule has 1 N–H and O–H groups in total. The smallest absolute Gasteiger partial charge is 0.197 e. The summed E-state index contributed by atoms with van der Waals surface area (Å²) >= 11 is 6.04. The third kappa shape index (κ3) is 1.54. The van der Waals surface area contributed by atoms with Crippen molar-refractivity contribution in [3.63, 3.8) is 0 Å². The normalized spacial score (nSPS) is 10.9. The van der Waals surface area contributed by atoms with Gasteiger partial charge >= 0.3 is 0 Å². The van der Waals surface area contributed by atoms with E-state index in [0.717, 1.165) is 5.56 Å². The van der Waals surface area contributed by atoms with Gasteiger partial charge in [-0.05, 0) is 24.3 Å². The van der Waals surface area contributed by atoms with Crippen LogP contribution in [-0.4, -0.2) is 19.5 Å². The number of rotatable bonds is 1.